The molecule has 1 aromatic carbocycles. The van der Waals surface area contributed by atoms with Crippen LogP contribution in [0.4, 0.5) is 23.2 Å². The molecule has 0 saturated heterocycles. The van der Waals surface area contributed by atoms with Crippen molar-refractivity contribution in [1.29, 1.82) is 0 Å². The molecule has 0 bridgehead atoms. The molecule has 0 atom stereocenters. The van der Waals surface area contributed by atoms with Gasteiger partial charge < -0.3 is 5.32 Å². The minimum Gasteiger partial charge on any atom is -0.380 e. The van der Waals surface area contributed by atoms with Gasteiger partial charge in [0.15, 0.2) is 0 Å². The van der Waals surface area contributed by atoms with Crippen LogP contribution in [0.15, 0.2) is 35.2 Å². The zero-order valence-corrected chi connectivity index (χ0v) is 10.7. The number of hydrogen-bond acceptors (Lipinski definition) is 3. The van der Waals surface area contributed by atoms with Gasteiger partial charge in [-0.3, -0.25) is 0 Å². The third-order valence-corrected chi connectivity index (χ3v) is 3.64. The van der Waals surface area contributed by atoms with Crippen LogP contribution in [-0.4, -0.2) is 20.5 Å². The lowest BCUT2D eigenvalue weighted by Crippen LogP contribution is -2.24. The summed E-state index contributed by atoms with van der Waals surface area (Å²) in [6, 6.07) is 2.15. The Balaban J connectivity index is 3.33. The highest BCUT2D eigenvalue weighted by molar-refractivity contribution is 7.92. The fourth-order valence-corrected chi connectivity index (χ4v) is 2.18. The van der Waals surface area contributed by atoms with Gasteiger partial charge in [0.2, 0.25) is 0 Å². The van der Waals surface area contributed by atoms with Crippen LogP contribution < -0.4 is 5.32 Å². The predicted molar refractivity (Wildman–Crippen MR) is 62.9 cm³/mol. The largest absolute Gasteiger partial charge is 0.501 e. The summed E-state index contributed by atoms with van der Waals surface area (Å²) in [5, 5.41) is 2.47. The van der Waals surface area contributed by atoms with E-state index in [-0.39, 0.29) is 12.2 Å². The molecule has 0 amide bonds. The quantitative estimate of drug-likeness (QED) is 0.686. The Labute approximate surface area is 107 Å². The Hall–Kier alpha value is -1.57. The zero-order valence-electron chi connectivity index (χ0n) is 9.88. The number of halogens is 4. The Morgan fingerprint density at radius 2 is 1.95 bits per heavy atom. The molecule has 0 heterocycles. The van der Waals surface area contributed by atoms with Crippen LogP contribution in [0.25, 0.3) is 0 Å². The molecule has 0 spiro atoms. The summed E-state index contributed by atoms with van der Waals surface area (Å²) in [6.45, 7) is 5.20. The number of alkyl halides is 3. The van der Waals surface area contributed by atoms with E-state index in [0.717, 1.165) is 12.1 Å². The van der Waals surface area contributed by atoms with Crippen LogP contribution in [0, 0.1) is 5.82 Å². The van der Waals surface area contributed by atoms with E-state index in [1.54, 1.807) is 6.92 Å². The summed E-state index contributed by atoms with van der Waals surface area (Å²) >= 11 is 0. The lowest BCUT2D eigenvalue weighted by atomic mass is 10.3. The number of rotatable bonds is 4. The van der Waals surface area contributed by atoms with Crippen LogP contribution in [0.5, 0.6) is 0 Å². The molecule has 106 valence electrons. The number of nitrogens with one attached hydrogen (secondary N) is 1. The van der Waals surface area contributed by atoms with Crippen molar-refractivity contribution in [1.82, 2.24) is 0 Å². The third-order valence-electron chi connectivity index (χ3n) is 2.12. The first-order chi connectivity index (χ1) is 8.55. The molecule has 19 heavy (non-hydrogen) atoms. The van der Waals surface area contributed by atoms with E-state index in [0.29, 0.717) is 11.6 Å². The fourth-order valence-electron chi connectivity index (χ4n) is 1.24. The Morgan fingerprint density at radius 3 is 2.42 bits per heavy atom. The van der Waals surface area contributed by atoms with Gasteiger partial charge >= 0.3 is 5.51 Å². The maximum atomic E-state index is 13.0. The lowest BCUT2D eigenvalue weighted by molar-refractivity contribution is -0.0435. The molecular formula is C11H11F4NO2S. The van der Waals surface area contributed by atoms with Crippen LogP contribution in [0.1, 0.15) is 6.92 Å². The van der Waals surface area contributed by atoms with Gasteiger partial charge in [0, 0.05) is 6.54 Å². The van der Waals surface area contributed by atoms with Gasteiger partial charge in [0.05, 0.1) is 5.69 Å². The minimum atomic E-state index is -5.61. The summed E-state index contributed by atoms with van der Waals surface area (Å²) in [7, 11) is -5.61. The molecule has 0 radical (unpaired) electrons. The molecule has 3 nitrogen and oxygen atoms in total. The van der Waals surface area contributed by atoms with Crippen molar-refractivity contribution in [2.75, 3.05) is 11.9 Å². The molecule has 0 aliphatic heterocycles. The normalized spacial score (nSPS) is 12.3. The van der Waals surface area contributed by atoms with Crippen molar-refractivity contribution in [2.24, 2.45) is 0 Å². The van der Waals surface area contributed by atoms with E-state index in [1.165, 1.54) is 0 Å². The number of anilines is 1. The monoisotopic (exact) mass is 297 g/mol. The van der Waals surface area contributed by atoms with E-state index in [1.807, 2.05) is 0 Å². The Bertz CT molecular complexity index is 593. The Kier molecular flexibility index (Phi) is 4.24. The average molecular weight is 297 g/mol. The van der Waals surface area contributed by atoms with Gasteiger partial charge in [0.25, 0.3) is 9.84 Å². The highest BCUT2D eigenvalue weighted by Gasteiger charge is 2.48. The van der Waals surface area contributed by atoms with Crippen molar-refractivity contribution >= 4 is 15.5 Å². The minimum absolute atomic E-state index is 0.0754. The van der Waals surface area contributed by atoms with Crippen molar-refractivity contribution in [3.63, 3.8) is 0 Å². The molecular weight excluding hydrogens is 286 g/mol. The molecule has 0 aliphatic rings. The van der Waals surface area contributed by atoms with Gasteiger partial charge in [-0.2, -0.15) is 13.2 Å². The van der Waals surface area contributed by atoms with E-state index in [4.69, 9.17) is 0 Å². The molecule has 0 fully saturated rings. The van der Waals surface area contributed by atoms with E-state index < -0.39 is 26.1 Å². The zero-order chi connectivity index (χ0) is 14.8. The maximum Gasteiger partial charge on any atom is 0.501 e. The maximum absolute atomic E-state index is 13.0. The fraction of sp³-hybridized carbons (Fsp3) is 0.273. The first-order valence-corrected chi connectivity index (χ1v) is 6.53. The predicted octanol–water partition coefficient (Wildman–Crippen LogP) is 3.11. The van der Waals surface area contributed by atoms with Crippen LogP contribution in [0.2, 0.25) is 0 Å². The van der Waals surface area contributed by atoms with Crippen LogP contribution in [0.3, 0.4) is 0 Å². The molecule has 0 saturated carbocycles. The van der Waals surface area contributed by atoms with Gasteiger partial charge in [-0.05, 0) is 25.1 Å². The first kappa shape index (κ1) is 15.5. The molecule has 8 heteroatoms. The van der Waals surface area contributed by atoms with Gasteiger partial charge in [-0.25, -0.2) is 12.8 Å². The first-order valence-electron chi connectivity index (χ1n) is 5.05. The third kappa shape index (κ3) is 3.46. The SMILES string of the molecule is C=C(C)CNc1ccc(F)cc1S(=O)(=O)C(F)(F)F. The summed E-state index contributed by atoms with van der Waals surface area (Å²) in [5.41, 5.74) is -5.22. The lowest BCUT2D eigenvalue weighted by Gasteiger charge is -2.14. The van der Waals surface area contributed by atoms with Crippen molar-refractivity contribution < 1.29 is 26.0 Å². The van der Waals surface area contributed by atoms with E-state index in [9.17, 15) is 26.0 Å². The summed E-state index contributed by atoms with van der Waals surface area (Å²) in [4.78, 5) is -1.14. The second-order valence-electron chi connectivity index (χ2n) is 3.90. The topological polar surface area (TPSA) is 46.2 Å². The van der Waals surface area contributed by atoms with Gasteiger partial charge in [-0.1, -0.05) is 12.2 Å². The van der Waals surface area contributed by atoms with Crippen molar-refractivity contribution in [3.8, 4) is 0 Å². The average Bonchev–Trinajstić information content (AvgIpc) is 2.25. The van der Waals surface area contributed by atoms with E-state index in [2.05, 4.69) is 11.9 Å². The van der Waals surface area contributed by atoms with E-state index >= 15 is 0 Å². The molecule has 0 unspecified atom stereocenters. The smallest absolute Gasteiger partial charge is 0.380 e. The van der Waals surface area contributed by atoms with Crippen molar-refractivity contribution in [2.45, 2.75) is 17.3 Å². The summed E-state index contributed by atoms with van der Waals surface area (Å²) in [5.74, 6) is -1.07. The number of benzene rings is 1. The molecule has 0 aromatic heterocycles. The Morgan fingerprint density at radius 1 is 1.37 bits per heavy atom. The second kappa shape index (κ2) is 5.20. The summed E-state index contributed by atoms with van der Waals surface area (Å²) < 4.78 is 73.0. The molecule has 1 N–H and O–H groups in total. The second-order valence-corrected chi connectivity index (χ2v) is 5.81. The molecule has 1 rings (SSSR count). The van der Waals surface area contributed by atoms with Crippen LogP contribution >= 0.6 is 0 Å². The standard InChI is InChI=1S/C11H11F4NO2S/c1-7(2)6-16-9-4-3-8(12)5-10(9)19(17,18)11(13,14)15/h3-5,16H,1,6H2,2H3. The highest BCUT2D eigenvalue weighted by Crippen LogP contribution is 2.34. The van der Waals surface area contributed by atoms with Crippen LogP contribution in [-0.2, 0) is 9.84 Å². The van der Waals surface area contributed by atoms with Gasteiger partial charge in [-0.15, -0.1) is 0 Å². The molecule has 0 aliphatic carbocycles. The van der Waals surface area contributed by atoms with Crippen molar-refractivity contribution in [3.05, 3.63) is 36.2 Å². The highest BCUT2D eigenvalue weighted by atomic mass is 32.2. The number of hydrogen-bond donors (Lipinski definition) is 1. The van der Waals surface area contributed by atoms with Gasteiger partial charge in [0.1, 0.15) is 10.7 Å². The summed E-state index contributed by atoms with van der Waals surface area (Å²) in [6.07, 6.45) is 0. The molecule has 1 aromatic rings. The number of sulfone groups is 1.